The molecule has 0 atom stereocenters. The molecule has 1 amide bonds. The van der Waals surface area contributed by atoms with Crippen LogP contribution in [0.15, 0.2) is 16.6 Å². The number of hydrogen-bond acceptors (Lipinski definition) is 3. The Hall–Kier alpha value is -1.23. The lowest BCUT2D eigenvalue weighted by Gasteiger charge is -2.24. The fraction of sp³-hybridized carbons (Fsp3) is 0.417. The van der Waals surface area contributed by atoms with E-state index in [9.17, 15) is 4.79 Å². The molecule has 0 radical (unpaired) electrons. The van der Waals surface area contributed by atoms with Crippen LogP contribution in [-0.4, -0.2) is 25.5 Å². The van der Waals surface area contributed by atoms with Crippen LogP contribution in [0.25, 0.3) is 0 Å². The standard InChI is InChI=1S/C12H16BrN3O/c1-8-6-11(9(13)7-10(8)14)16-4-2-12(17)15-3-5-16/h6-7H,2-5,14H2,1H3,(H,15,17). The maximum atomic E-state index is 11.3. The molecule has 92 valence electrons. The van der Waals surface area contributed by atoms with Gasteiger partial charge >= 0.3 is 0 Å². The van der Waals surface area contributed by atoms with E-state index in [0.29, 0.717) is 13.0 Å². The highest BCUT2D eigenvalue weighted by Gasteiger charge is 2.16. The average Bonchev–Trinajstić information content (AvgIpc) is 2.49. The number of nitrogen functional groups attached to an aromatic ring is 1. The van der Waals surface area contributed by atoms with E-state index in [2.05, 4.69) is 32.2 Å². The smallest absolute Gasteiger partial charge is 0.221 e. The highest BCUT2D eigenvalue weighted by molar-refractivity contribution is 9.10. The van der Waals surface area contributed by atoms with Crippen molar-refractivity contribution in [2.75, 3.05) is 30.3 Å². The third kappa shape index (κ3) is 2.72. The minimum Gasteiger partial charge on any atom is -0.398 e. The lowest BCUT2D eigenvalue weighted by molar-refractivity contribution is -0.120. The largest absolute Gasteiger partial charge is 0.398 e. The summed E-state index contributed by atoms with van der Waals surface area (Å²) in [6, 6.07) is 3.99. The van der Waals surface area contributed by atoms with Crippen LogP contribution in [0.1, 0.15) is 12.0 Å². The zero-order chi connectivity index (χ0) is 12.4. The first kappa shape index (κ1) is 12.2. The van der Waals surface area contributed by atoms with Crippen molar-refractivity contribution in [3.05, 3.63) is 22.2 Å². The number of benzene rings is 1. The Bertz CT molecular complexity index is 448. The minimum absolute atomic E-state index is 0.121. The maximum absolute atomic E-state index is 11.3. The predicted molar refractivity (Wildman–Crippen MR) is 73.1 cm³/mol. The summed E-state index contributed by atoms with van der Waals surface area (Å²) in [5, 5.41) is 2.87. The van der Waals surface area contributed by atoms with Gasteiger partial charge in [-0.05, 0) is 40.5 Å². The van der Waals surface area contributed by atoms with Gasteiger partial charge in [-0.2, -0.15) is 0 Å². The Morgan fingerprint density at radius 3 is 2.94 bits per heavy atom. The number of carbonyl (C=O) groups is 1. The summed E-state index contributed by atoms with van der Waals surface area (Å²) in [6.07, 6.45) is 0.538. The van der Waals surface area contributed by atoms with Crippen molar-refractivity contribution < 1.29 is 4.79 Å². The molecule has 1 heterocycles. The molecule has 1 aromatic carbocycles. The Labute approximate surface area is 109 Å². The summed E-state index contributed by atoms with van der Waals surface area (Å²) < 4.78 is 0.981. The van der Waals surface area contributed by atoms with Crippen molar-refractivity contribution >= 4 is 33.2 Å². The van der Waals surface area contributed by atoms with Crippen LogP contribution in [0.3, 0.4) is 0 Å². The molecular formula is C12H16BrN3O. The summed E-state index contributed by atoms with van der Waals surface area (Å²) in [7, 11) is 0. The molecule has 0 spiro atoms. The number of carbonyl (C=O) groups excluding carboxylic acids is 1. The first-order valence-corrected chi connectivity index (χ1v) is 6.44. The van der Waals surface area contributed by atoms with Gasteiger partial charge in [0, 0.05) is 36.2 Å². The van der Waals surface area contributed by atoms with E-state index in [-0.39, 0.29) is 5.91 Å². The van der Waals surface area contributed by atoms with Gasteiger partial charge in [0.1, 0.15) is 0 Å². The Kier molecular flexibility index (Phi) is 3.57. The van der Waals surface area contributed by atoms with E-state index in [1.165, 1.54) is 0 Å². The Morgan fingerprint density at radius 2 is 2.18 bits per heavy atom. The first-order chi connectivity index (χ1) is 8.08. The first-order valence-electron chi connectivity index (χ1n) is 5.65. The third-order valence-electron chi connectivity index (χ3n) is 2.99. The fourth-order valence-corrected chi connectivity index (χ4v) is 2.54. The van der Waals surface area contributed by atoms with E-state index in [0.717, 1.165) is 34.5 Å². The molecule has 1 saturated heterocycles. The molecule has 3 N–H and O–H groups in total. The second kappa shape index (κ2) is 4.96. The molecule has 4 nitrogen and oxygen atoms in total. The van der Waals surface area contributed by atoms with Crippen LogP contribution in [0.5, 0.6) is 0 Å². The molecular weight excluding hydrogens is 282 g/mol. The van der Waals surface area contributed by atoms with Crippen molar-refractivity contribution in [2.45, 2.75) is 13.3 Å². The molecule has 0 unspecified atom stereocenters. The molecule has 17 heavy (non-hydrogen) atoms. The van der Waals surface area contributed by atoms with Crippen molar-refractivity contribution in [1.82, 2.24) is 5.32 Å². The highest BCUT2D eigenvalue weighted by Crippen LogP contribution is 2.31. The second-order valence-electron chi connectivity index (χ2n) is 4.25. The number of hydrogen-bond donors (Lipinski definition) is 2. The molecule has 1 aliphatic heterocycles. The SMILES string of the molecule is Cc1cc(N2CCNC(=O)CC2)c(Br)cc1N. The van der Waals surface area contributed by atoms with Crippen LogP contribution in [0.4, 0.5) is 11.4 Å². The highest BCUT2D eigenvalue weighted by atomic mass is 79.9. The summed E-state index contributed by atoms with van der Waals surface area (Å²) in [5.74, 6) is 0.121. The lowest BCUT2D eigenvalue weighted by atomic mass is 10.1. The predicted octanol–water partition coefficient (Wildman–Crippen LogP) is 1.67. The van der Waals surface area contributed by atoms with Gasteiger partial charge in [-0.1, -0.05) is 0 Å². The summed E-state index contributed by atoms with van der Waals surface area (Å²) >= 11 is 3.53. The number of aryl methyl sites for hydroxylation is 1. The second-order valence-corrected chi connectivity index (χ2v) is 5.10. The molecule has 0 bridgehead atoms. The molecule has 5 heteroatoms. The van der Waals surface area contributed by atoms with Gasteiger partial charge in [-0.25, -0.2) is 0 Å². The average molecular weight is 298 g/mol. The van der Waals surface area contributed by atoms with Gasteiger partial charge in [0.2, 0.25) is 5.91 Å². The van der Waals surface area contributed by atoms with Gasteiger partial charge in [-0.15, -0.1) is 0 Å². The normalized spacial score (nSPS) is 16.6. The van der Waals surface area contributed by atoms with Crippen LogP contribution >= 0.6 is 15.9 Å². The summed E-state index contributed by atoms with van der Waals surface area (Å²) in [5.41, 5.74) is 8.81. The Morgan fingerprint density at radius 1 is 1.41 bits per heavy atom. The van der Waals surface area contributed by atoms with Crippen LogP contribution < -0.4 is 16.0 Å². The zero-order valence-corrected chi connectivity index (χ0v) is 11.4. The van der Waals surface area contributed by atoms with Crippen molar-refractivity contribution in [3.8, 4) is 0 Å². The number of anilines is 2. The number of nitrogens with two attached hydrogens (primary N) is 1. The number of rotatable bonds is 1. The molecule has 2 rings (SSSR count). The molecule has 0 saturated carbocycles. The van der Waals surface area contributed by atoms with Crippen LogP contribution in [0, 0.1) is 6.92 Å². The van der Waals surface area contributed by atoms with Gasteiger partial charge in [0.25, 0.3) is 0 Å². The number of amides is 1. The molecule has 1 fully saturated rings. The van der Waals surface area contributed by atoms with Crippen molar-refractivity contribution in [2.24, 2.45) is 0 Å². The quantitative estimate of drug-likeness (QED) is 0.775. The number of nitrogens with one attached hydrogen (secondary N) is 1. The molecule has 0 aromatic heterocycles. The summed E-state index contributed by atoms with van der Waals surface area (Å²) in [4.78, 5) is 13.5. The fourth-order valence-electron chi connectivity index (χ4n) is 1.93. The van der Waals surface area contributed by atoms with Crippen LogP contribution in [-0.2, 0) is 4.79 Å². The lowest BCUT2D eigenvalue weighted by Crippen LogP contribution is -2.28. The van der Waals surface area contributed by atoms with E-state index >= 15 is 0 Å². The molecule has 0 aliphatic carbocycles. The Balaban J connectivity index is 2.27. The van der Waals surface area contributed by atoms with Crippen LogP contribution in [0.2, 0.25) is 0 Å². The van der Waals surface area contributed by atoms with E-state index in [4.69, 9.17) is 5.73 Å². The van der Waals surface area contributed by atoms with Crippen molar-refractivity contribution in [1.29, 1.82) is 0 Å². The topological polar surface area (TPSA) is 58.4 Å². The summed E-state index contributed by atoms with van der Waals surface area (Å²) in [6.45, 7) is 4.25. The van der Waals surface area contributed by atoms with Gasteiger partial charge < -0.3 is 16.0 Å². The van der Waals surface area contributed by atoms with E-state index in [1.807, 2.05) is 13.0 Å². The maximum Gasteiger partial charge on any atom is 0.221 e. The minimum atomic E-state index is 0.121. The van der Waals surface area contributed by atoms with Gasteiger partial charge in [0.05, 0.1) is 5.69 Å². The van der Waals surface area contributed by atoms with Gasteiger partial charge in [-0.3, -0.25) is 4.79 Å². The van der Waals surface area contributed by atoms with E-state index < -0.39 is 0 Å². The number of halogens is 1. The van der Waals surface area contributed by atoms with Gasteiger partial charge in [0.15, 0.2) is 0 Å². The zero-order valence-electron chi connectivity index (χ0n) is 9.79. The third-order valence-corrected chi connectivity index (χ3v) is 3.62. The number of nitrogens with zero attached hydrogens (tertiary/aromatic N) is 1. The molecule has 1 aliphatic rings. The van der Waals surface area contributed by atoms with Crippen molar-refractivity contribution in [3.63, 3.8) is 0 Å². The monoisotopic (exact) mass is 297 g/mol. The molecule has 1 aromatic rings. The van der Waals surface area contributed by atoms with E-state index in [1.54, 1.807) is 0 Å².